The molecular formula is C23H44N2O5. The number of carbonyl (C=O) groups excluding carboxylic acids is 3. The fourth-order valence-electron chi connectivity index (χ4n) is 3.08. The van der Waals surface area contributed by atoms with Gasteiger partial charge in [0.15, 0.2) is 0 Å². The van der Waals surface area contributed by atoms with Crippen LogP contribution in [0, 0.1) is 0 Å². The summed E-state index contributed by atoms with van der Waals surface area (Å²) in [6.07, 6.45) is 11.6. The van der Waals surface area contributed by atoms with Gasteiger partial charge in [-0.05, 0) is 27.2 Å². The Morgan fingerprint density at radius 3 is 1.70 bits per heavy atom. The molecule has 176 valence electrons. The van der Waals surface area contributed by atoms with Crippen molar-refractivity contribution in [3.05, 3.63) is 0 Å². The molecule has 0 spiro atoms. The lowest BCUT2D eigenvalue weighted by atomic mass is 10.1. The fourth-order valence-corrected chi connectivity index (χ4v) is 3.08. The van der Waals surface area contributed by atoms with E-state index in [-0.39, 0.29) is 12.5 Å². The van der Waals surface area contributed by atoms with Crippen molar-refractivity contribution in [1.82, 2.24) is 9.80 Å². The lowest BCUT2D eigenvalue weighted by Crippen LogP contribution is -2.51. The Morgan fingerprint density at radius 2 is 1.20 bits per heavy atom. The Morgan fingerprint density at radius 1 is 0.700 bits per heavy atom. The van der Waals surface area contributed by atoms with Crippen LogP contribution in [-0.4, -0.2) is 67.2 Å². The number of rotatable bonds is 16. The minimum atomic E-state index is -0.730. The van der Waals surface area contributed by atoms with E-state index in [1.807, 2.05) is 0 Å². The van der Waals surface area contributed by atoms with Crippen LogP contribution in [0.2, 0.25) is 0 Å². The Balaban J connectivity index is 4.05. The summed E-state index contributed by atoms with van der Waals surface area (Å²) in [5.74, 6) is -0.762. The zero-order chi connectivity index (χ0) is 22.9. The highest BCUT2D eigenvalue weighted by atomic mass is 16.6. The number of unbranched alkanes of at least 4 members (excludes halogenated alkanes) is 9. The molecule has 0 aliphatic heterocycles. The van der Waals surface area contributed by atoms with E-state index in [0.29, 0.717) is 6.61 Å². The van der Waals surface area contributed by atoms with Crippen LogP contribution in [0.5, 0.6) is 0 Å². The molecule has 0 radical (unpaired) electrons. The van der Waals surface area contributed by atoms with Crippen molar-refractivity contribution in [3.8, 4) is 0 Å². The lowest BCUT2D eigenvalue weighted by Gasteiger charge is -2.30. The number of hydrogen-bond acceptors (Lipinski definition) is 5. The molecule has 0 N–H and O–H groups in total. The van der Waals surface area contributed by atoms with Gasteiger partial charge in [0.1, 0.15) is 12.1 Å². The topological polar surface area (TPSA) is 76.2 Å². The van der Waals surface area contributed by atoms with Crippen LogP contribution in [0.15, 0.2) is 0 Å². The van der Waals surface area contributed by atoms with E-state index in [1.165, 1.54) is 61.8 Å². The Kier molecular flexibility index (Phi) is 15.9. The van der Waals surface area contributed by atoms with E-state index in [2.05, 4.69) is 6.92 Å². The average molecular weight is 429 g/mol. The summed E-state index contributed by atoms with van der Waals surface area (Å²) in [7, 11) is 3.05. The van der Waals surface area contributed by atoms with E-state index in [4.69, 9.17) is 9.47 Å². The zero-order valence-corrected chi connectivity index (χ0v) is 20.1. The molecule has 0 bridgehead atoms. The highest BCUT2D eigenvalue weighted by Gasteiger charge is 2.31. The molecule has 0 aromatic rings. The fraction of sp³-hybridized carbons (Fsp3) is 0.870. The van der Waals surface area contributed by atoms with E-state index in [1.54, 1.807) is 27.8 Å². The number of ether oxygens (including phenoxy) is 2. The maximum atomic E-state index is 12.6. The third-order valence-corrected chi connectivity index (χ3v) is 5.51. The van der Waals surface area contributed by atoms with Gasteiger partial charge in [-0.25, -0.2) is 9.59 Å². The van der Waals surface area contributed by atoms with Crippen molar-refractivity contribution in [3.63, 3.8) is 0 Å². The van der Waals surface area contributed by atoms with Gasteiger partial charge < -0.3 is 14.4 Å². The van der Waals surface area contributed by atoms with Crippen molar-refractivity contribution in [1.29, 1.82) is 0 Å². The summed E-state index contributed by atoms with van der Waals surface area (Å²) >= 11 is 0. The number of esters is 1. The first-order valence-corrected chi connectivity index (χ1v) is 11.6. The molecule has 0 heterocycles. The molecule has 0 aromatic heterocycles. The normalized spacial score (nSPS) is 12.7. The van der Waals surface area contributed by atoms with Crippen molar-refractivity contribution >= 4 is 18.0 Å². The number of nitrogens with zero attached hydrogens (tertiary/aromatic N) is 2. The molecule has 0 aliphatic rings. The molecule has 30 heavy (non-hydrogen) atoms. The van der Waals surface area contributed by atoms with Gasteiger partial charge in [-0.1, -0.05) is 64.7 Å². The molecule has 0 saturated carbocycles. The second-order valence-electron chi connectivity index (χ2n) is 7.96. The summed E-state index contributed by atoms with van der Waals surface area (Å²) in [4.78, 5) is 39.2. The molecule has 0 fully saturated rings. The van der Waals surface area contributed by atoms with Crippen molar-refractivity contribution in [2.24, 2.45) is 0 Å². The SMILES string of the molecule is CCCCCCCCCCCCOC(=O)C(C)N(C)C(=O)C(C)N(C)C(=O)OCC. The summed E-state index contributed by atoms with van der Waals surface area (Å²) in [5.41, 5.74) is 0. The van der Waals surface area contributed by atoms with Gasteiger partial charge in [-0.15, -0.1) is 0 Å². The maximum Gasteiger partial charge on any atom is 0.410 e. The van der Waals surface area contributed by atoms with E-state index in [9.17, 15) is 14.4 Å². The number of hydrogen-bond donors (Lipinski definition) is 0. The first kappa shape index (κ1) is 28.2. The van der Waals surface area contributed by atoms with Gasteiger partial charge in [-0.2, -0.15) is 0 Å². The molecule has 0 rings (SSSR count). The quantitative estimate of drug-likeness (QED) is 0.261. The largest absolute Gasteiger partial charge is 0.464 e. The van der Waals surface area contributed by atoms with E-state index >= 15 is 0 Å². The summed E-state index contributed by atoms with van der Waals surface area (Å²) in [6.45, 7) is 7.79. The monoisotopic (exact) mass is 428 g/mol. The second-order valence-corrected chi connectivity index (χ2v) is 7.96. The van der Waals surface area contributed by atoms with E-state index in [0.717, 1.165) is 19.3 Å². The standard InChI is InChI=1S/C23H44N2O5/c1-7-9-10-11-12-13-14-15-16-17-18-30-22(27)20(4)24(5)21(26)19(3)25(6)23(28)29-8-2/h19-20H,7-18H2,1-6H3. The summed E-state index contributed by atoms with van der Waals surface area (Å²) in [6, 6.07) is -1.44. The van der Waals surface area contributed by atoms with Gasteiger partial charge >= 0.3 is 12.1 Å². The van der Waals surface area contributed by atoms with Crippen molar-refractivity contribution < 1.29 is 23.9 Å². The smallest absolute Gasteiger partial charge is 0.410 e. The first-order valence-electron chi connectivity index (χ1n) is 11.6. The molecule has 7 nitrogen and oxygen atoms in total. The summed E-state index contributed by atoms with van der Waals surface area (Å²) < 4.78 is 10.2. The highest BCUT2D eigenvalue weighted by molar-refractivity contribution is 5.89. The molecule has 0 aliphatic carbocycles. The first-order chi connectivity index (χ1) is 14.3. The second kappa shape index (κ2) is 16.9. The predicted molar refractivity (Wildman–Crippen MR) is 119 cm³/mol. The third-order valence-electron chi connectivity index (χ3n) is 5.51. The average Bonchev–Trinajstić information content (AvgIpc) is 2.74. The van der Waals surface area contributed by atoms with Gasteiger partial charge in [0.25, 0.3) is 0 Å². The molecule has 2 amide bonds. The van der Waals surface area contributed by atoms with Gasteiger partial charge in [0, 0.05) is 14.1 Å². The van der Waals surface area contributed by atoms with Crippen LogP contribution in [-0.2, 0) is 19.1 Å². The van der Waals surface area contributed by atoms with Crippen LogP contribution in [0.4, 0.5) is 4.79 Å². The van der Waals surface area contributed by atoms with E-state index < -0.39 is 24.1 Å². The van der Waals surface area contributed by atoms with Crippen LogP contribution >= 0.6 is 0 Å². The molecule has 0 aromatic carbocycles. The number of carbonyl (C=O) groups is 3. The maximum absolute atomic E-state index is 12.6. The summed E-state index contributed by atoms with van der Waals surface area (Å²) in [5, 5.41) is 0. The Bertz CT molecular complexity index is 498. The third kappa shape index (κ3) is 11.4. The molecular weight excluding hydrogens is 384 g/mol. The molecule has 0 saturated heterocycles. The van der Waals surface area contributed by atoms with Crippen LogP contribution in [0.25, 0.3) is 0 Å². The van der Waals surface area contributed by atoms with Crippen molar-refractivity contribution in [2.45, 2.75) is 104 Å². The van der Waals surface area contributed by atoms with Crippen LogP contribution in [0.3, 0.4) is 0 Å². The minimum Gasteiger partial charge on any atom is -0.464 e. The Hall–Kier alpha value is -1.79. The predicted octanol–water partition coefficient (Wildman–Crippen LogP) is 4.77. The lowest BCUT2D eigenvalue weighted by molar-refractivity contribution is -0.154. The van der Waals surface area contributed by atoms with Gasteiger partial charge in [-0.3, -0.25) is 9.69 Å². The zero-order valence-electron chi connectivity index (χ0n) is 20.1. The Labute approximate surface area is 183 Å². The molecule has 7 heteroatoms. The van der Waals surface area contributed by atoms with Gasteiger partial charge in [0.05, 0.1) is 13.2 Å². The highest BCUT2D eigenvalue weighted by Crippen LogP contribution is 2.11. The minimum absolute atomic E-state index is 0.238. The number of likely N-dealkylation sites (N-methyl/N-ethyl adjacent to an activating group) is 2. The van der Waals surface area contributed by atoms with Crippen LogP contribution < -0.4 is 0 Å². The molecule has 2 unspecified atom stereocenters. The van der Waals surface area contributed by atoms with Crippen molar-refractivity contribution in [2.75, 3.05) is 27.3 Å². The van der Waals surface area contributed by atoms with Crippen LogP contribution in [0.1, 0.15) is 91.9 Å². The molecule has 2 atom stereocenters. The number of amides is 2. The van der Waals surface area contributed by atoms with Gasteiger partial charge in [0.2, 0.25) is 5.91 Å².